The fourth-order valence-corrected chi connectivity index (χ4v) is 1.62. The molecule has 0 amide bonds. The predicted octanol–water partition coefficient (Wildman–Crippen LogP) is 3.32. The third-order valence-corrected chi connectivity index (χ3v) is 2.67. The van der Waals surface area contributed by atoms with Gasteiger partial charge in [0.25, 0.3) is 0 Å². The van der Waals surface area contributed by atoms with E-state index in [4.69, 9.17) is 17.4 Å². The Labute approximate surface area is 121 Å². The smallest absolute Gasteiger partial charge is 0.339 e. The van der Waals surface area contributed by atoms with Crippen molar-refractivity contribution in [3.05, 3.63) is 40.8 Å². The van der Waals surface area contributed by atoms with Gasteiger partial charge in [-0.25, -0.2) is 15.2 Å². The molecule has 1 aromatic heterocycles. The first-order valence-electron chi connectivity index (χ1n) is 5.44. The number of nitrogens with two attached hydrogens (primary N) is 1. The molecule has 2 aromatic rings. The van der Waals surface area contributed by atoms with E-state index in [0.29, 0.717) is 6.07 Å². The zero-order chi connectivity index (χ0) is 15.6. The van der Waals surface area contributed by atoms with Gasteiger partial charge < -0.3 is 5.32 Å². The standard InChI is InChI=1S/C11H8ClF4N5/c12-6-2-1-5(13)3-7(6)18-9-4-8(11(14,15)16)19-10(20-9)21-17/h1-4H,17H2,(H2,18,19,20,21). The molecule has 1 aromatic carbocycles. The molecule has 0 atom stereocenters. The van der Waals surface area contributed by atoms with Crippen LogP contribution in [0.25, 0.3) is 0 Å². The average Bonchev–Trinajstić information content (AvgIpc) is 2.41. The second kappa shape index (κ2) is 5.70. The number of hydrazine groups is 1. The summed E-state index contributed by atoms with van der Waals surface area (Å²) in [6, 6.07) is 4.05. The molecule has 0 aliphatic carbocycles. The molecule has 0 radical (unpaired) electrons. The van der Waals surface area contributed by atoms with E-state index in [-0.39, 0.29) is 16.5 Å². The maximum absolute atomic E-state index is 13.1. The van der Waals surface area contributed by atoms with E-state index >= 15 is 0 Å². The van der Waals surface area contributed by atoms with Crippen LogP contribution in [-0.4, -0.2) is 9.97 Å². The van der Waals surface area contributed by atoms with E-state index in [1.807, 2.05) is 5.43 Å². The fourth-order valence-electron chi connectivity index (χ4n) is 1.45. The molecule has 0 fully saturated rings. The number of nitrogens with one attached hydrogen (secondary N) is 2. The van der Waals surface area contributed by atoms with Crippen LogP contribution in [0.5, 0.6) is 0 Å². The van der Waals surface area contributed by atoms with Crippen molar-refractivity contribution in [2.24, 2.45) is 5.84 Å². The second-order valence-electron chi connectivity index (χ2n) is 3.85. The zero-order valence-corrected chi connectivity index (χ0v) is 10.9. The van der Waals surface area contributed by atoms with Gasteiger partial charge in [0.15, 0.2) is 5.69 Å². The Bertz CT molecular complexity index is 662. The average molecular weight is 322 g/mol. The molecular formula is C11H8ClF4N5. The van der Waals surface area contributed by atoms with E-state index in [1.165, 1.54) is 6.07 Å². The van der Waals surface area contributed by atoms with E-state index in [0.717, 1.165) is 12.1 Å². The number of alkyl halides is 3. The van der Waals surface area contributed by atoms with Gasteiger partial charge in [0.1, 0.15) is 11.6 Å². The highest BCUT2D eigenvalue weighted by molar-refractivity contribution is 6.33. The molecule has 0 bridgehead atoms. The van der Waals surface area contributed by atoms with Crippen molar-refractivity contribution in [3.8, 4) is 0 Å². The molecule has 0 saturated heterocycles. The molecule has 112 valence electrons. The summed E-state index contributed by atoms with van der Waals surface area (Å²) < 4.78 is 51.2. The lowest BCUT2D eigenvalue weighted by molar-refractivity contribution is -0.141. The predicted molar refractivity (Wildman–Crippen MR) is 69.5 cm³/mol. The Balaban J connectivity index is 2.42. The van der Waals surface area contributed by atoms with Crippen LogP contribution in [0.1, 0.15) is 5.69 Å². The van der Waals surface area contributed by atoms with Crippen LogP contribution in [0.3, 0.4) is 0 Å². The Morgan fingerprint density at radius 1 is 1.14 bits per heavy atom. The number of rotatable bonds is 3. The largest absolute Gasteiger partial charge is 0.433 e. The monoisotopic (exact) mass is 321 g/mol. The van der Waals surface area contributed by atoms with Crippen LogP contribution < -0.4 is 16.6 Å². The zero-order valence-electron chi connectivity index (χ0n) is 10.2. The van der Waals surface area contributed by atoms with Crippen molar-refractivity contribution >= 4 is 29.1 Å². The molecule has 10 heteroatoms. The number of hydrogen-bond donors (Lipinski definition) is 3. The maximum atomic E-state index is 13.1. The molecule has 5 nitrogen and oxygen atoms in total. The summed E-state index contributed by atoms with van der Waals surface area (Å²) >= 11 is 5.81. The molecule has 1 heterocycles. The second-order valence-corrected chi connectivity index (χ2v) is 4.26. The van der Waals surface area contributed by atoms with Gasteiger partial charge in [-0.15, -0.1) is 0 Å². The van der Waals surface area contributed by atoms with Gasteiger partial charge in [0.2, 0.25) is 5.95 Å². The van der Waals surface area contributed by atoms with Crippen LogP contribution in [0.15, 0.2) is 24.3 Å². The third-order valence-electron chi connectivity index (χ3n) is 2.34. The summed E-state index contributed by atoms with van der Waals surface area (Å²) in [6.07, 6.45) is -4.68. The van der Waals surface area contributed by atoms with Gasteiger partial charge in [0.05, 0.1) is 10.7 Å². The van der Waals surface area contributed by atoms with Crippen LogP contribution >= 0.6 is 11.6 Å². The summed E-state index contributed by atoms with van der Waals surface area (Å²) in [6.45, 7) is 0. The molecule has 0 aliphatic rings. The SMILES string of the molecule is NNc1nc(Nc2cc(F)ccc2Cl)cc(C(F)(F)F)n1. The number of halogens is 5. The molecule has 2 rings (SSSR count). The topological polar surface area (TPSA) is 75.9 Å². The highest BCUT2D eigenvalue weighted by Crippen LogP contribution is 2.31. The van der Waals surface area contributed by atoms with Crippen molar-refractivity contribution in [2.45, 2.75) is 6.18 Å². The number of hydrogen-bond acceptors (Lipinski definition) is 5. The van der Waals surface area contributed by atoms with Crippen molar-refractivity contribution in [1.29, 1.82) is 0 Å². The number of aromatic nitrogens is 2. The lowest BCUT2D eigenvalue weighted by atomic mass is 10.3. The van der Waals surface area contributed by atoms with Crippen molar-refractivity contribution < 1.29 is 17.6 Å². The molecule has 0 aliphatic heterocycles. The first kappa shape index (κ1) is 15.3. The fraction of sp³-hybridized carbons (Fsp3) is 0.0909. The van der Waals surface area contributed by atoms with E-state index < -0.39 is 23.6 Å². The number of benzene rings is 1. The summed E-state index contributed by atoms with van der Waals surface area (Å²) in [5.41, 5.74) is 0.776. The molecule has 0 spiro atoms. The number of nitrogens with zero attached hydrogens (tertiary/aromatic N) is 2. The number of anilines is 3. The maximum Gasteiger partial charge on any atom is 0.433 e. The summed E-state index contributed by atoms with van der Waals surface area (Å²) in [4.78, 5) is 6.88. The lowest BCUT2D eigenvalue weighted by Crippen LogP contribution is -2.16. The molecule has 0 unspecified atom stereocenters. The number of nitrogen functional groups attached to an aromatic ring is 1. The first-order chi connectivity index (χ1) is 9.79. The van der Waals surface area contributed by atoms with Crippen LogP contribution in [0, 0.1) is 5.82 Å². The quantitative estimate of drug-likeness (QED) is 0.459. The highest BCUT2D eigenvalue weighted by atomic mass is 35.5. The van der Waals surface area contributed by atoms with Crippen molar-refractivity contribution in [3.63, 3.8) is 0 Å². The van der Waals surface area contributed by atoms with Crippen LogP contribution in [0.4, 0.5) is 35.0 Å². The Kier molecular flexibility index (Phi) is 4.14. The lowest BCUT2D eigenvalue weighted by Gasteiger charge is -2.12. The van der Waals surface area contributed by atoms with Gasteiger partial charge >= 0.3 is 6.18 Å². The van der Waals surface area contributed by atoms with Gasteiger partial charge in [-0.1, -0.05) is 11.6 Å². The summed E-state index contributed by atoms with van der Waals surface area (Å²) in [7, 11) is 0. The van der Waals surface area contributed by atoms with E-state index in [1.54, 1.807) is 0 Å². The summed E-state index contributed by atoms with van der Waals surface area (Å²) in [5, 5.41) is 2.60. The van der Waals surface area contributed by atoms with Gasteiger partial charge in [-0.05, 0) is 18.2 Å². The summed E-state index contributed by atoms with van der Waals surface area (Å²) in [5.74, 6) is 3.73. The van der Waals surface area contributed by atoms with E-state index in [2.05, 4.69) is 15.3 Å². The van der Waals surface area contributed by atoms with Crippen molar-refractivity contribution in [1.82, 2.24) is 9.97 Å². The molecule has 0 saturated carbocycles. The Hall–Kier alpha value is -2.13. The van der Waals surface area contributed by atoms with Gasteiger partial charge in [0, 0.05) is 6.07 Å². The minimum Gasteiger partial charge on any atom is -0.339 e. The van der Waals surface area contributed by atoms with Crippen LogP contribution in [-0.2, 0) is 6.18 Å². The first-order valence-corrected chi connectivity index (χ1v) is 5.82. The normalized spacial score (nSPS) is 11.3. The van der Waals surface area contributed by atoms with Crippen LogP contribution in [0.2, 0.25) is 5.02 Å². The van der Waals surface area contributed by atoms with E-state index in [9.17, 15) is 17.6 Å². The molecule has 21 heavy (non-hydrogen) atoms. The minimum absolute atomic E-state index is 0.0615. The third kappa shape index (κ3) is 3.70. The molecule has 4 N–H and O–H groups in total. The molecular weight excluding hydrogens is 314 g/mol. The van der Waals surface area contributed by atoms with Gasteiger partial charge in [-0.2, -0.15) is 18.2 Å². The Morgan fingerprint density at radius 3 is 2.48 bits per heavy atom. The Morgan fingerprint density at radius 2 is 1.86 bits per heavy atom. The van der Waals surface area contributed by atoms with Gasteiger partial charge in [-0.3, -0.25) is 5.43 Å². The minimum atomic E-state index is -4.68. The highest BCUT2D eigenvalue weighted by Gasteiger charge is 2.33. The van der Waals surface area contributed by atoms with Crippen molar-refractivity contribution in [2.75, 3.05) is 10.7 Å².